The highest BCUT2D eigenvalue weighted by molar-refractivity contribution is 7.80. The Kier molecular flexibility index (Phi) is 5.42. The van der Waals surface area contributed by atoms with Crippen LogP contribution in [0.25, 0.3) is 5.82 Å². The summed E-state index contributed by atoms with van der Waals surface area (Å²) in [5.74, 6) is 0.532. The molecule has 0 radical (unpaired) electrons. The van der Waals surface area contributed by atoms with Gasteiger partial charge in [-0.25, -0.2) is 9.37 Å². The van der Waals surface area contributed by atoms with E-state index in [1.807, 2.05) is 48.4 Å². The van der Waals surface area contributed by atoms with Gasteiger partial charge in [0.1, 0.15) is 11.6 Å². The number of thiocarbonyl (C=S) groups is 1. The Labute approximate surface area is 197 Å². The summed E-state index contributed by atoms with van der Waals surface area (Å²) in [7, 11) is 0. The first-order valence-corrected chi connectivity index (χ1v) is 11.2. The van der Waals surface area contributed by atoms with Gasteiger partial charge in [-0.3, -0.25) is 4.98 Å². The van der Waals surface area contributed by atoms with Crippen LogP contribution in [-0.2, 0) is 0 Å². The molecule has 2 atom stereocenters. The molecule has 0 spiro atoms. The van der Waals surface area contributed by atoms with Crippen molar-refractivity contribution in [2.45, 2.75) is 32.9 Å². The second-order valence-electron chi connectivity index (χ2n) is 8.30. The van der Waals surface area contributed by atoms with Gasteiger partial charge in [-0.05, 0) is 80.5 Å². The topological polar surface area (TPSA) is 46.0 Å². The molecule has 1 aliphatic rings. The van der Waals surface area contributed by atoms with Gasteiger partial charge in [0.25, 0.3) is 0 Å². The zero-order valence-corrected chi connectivity index (χ0v) is 19.5. The van der Waals surface area contributed by atoms with E-state index in [-0.39, 0.29) is 17.9 Å². The number of halogens is 1. The molecule has 1 N–H and O–H groups in total. The molecular formula is C26H24FN5S. The van der Waals surface area contributed by atoms with Crippen molar-refractivity contribution in [3.63, 3.8) is 0 Å². The van der Waals surface area contributed by atoms with E-state index in [9.17, 15) is 4.39 Å². The number of hydrogen-bond donors (Lipinski definition) is 1. The van der Waals surface area contributed by atoms with Gasteiger partial charge in [-0.2, -0.15) is 0 Å². The molecule has 5 rings (SSSR count). The summed E-state index contributed by atoms with van der Waals surface area (Å²) in [5.41, 5.74) is 5.51. The number of nitrogens with zero attached hydrogens (tertiary/aromatic N) is 4. The zero-order chi connectivity index (χ0) is 23.1. The van der Waals surface area contributed by atoms with Crippen LogP contribution in [0.4, 0.5) is 10.1 Å². The first kappa shape index (κ1) is 21.3. The predicted octanol–water partition coefficient (Wildman–Crippen LogP) is 5.51. The Hall–Kier alpha value is -3.58. The van der Waals surface area contributed by atoms with Crippen molar-refractivity contribution in [1.82, 2.24) is 19.9 Å². The van der Waals surface area contributed by atoms with E-state index in [0.29, 0.717) is 10.8 Å². The molecule has 0 saturated carbocycles. The summed E-state index contributed by atoms with van der Waals surface area (Å²) in [6, 6.07) is 18.2. The first-order valence-electron chi connectivity index (χ1n) is 10.8. The molecule has 0 bridgehead atoms. The number of aromatic nitrogens is 3. The largest absolute Gasteiger partial charge is 0.351 e. The number of hydrogen-bond acceptors (Lipinski definition) is 3. The Morgan fingerprint density at radius 3 is 2.45 bits per heavy atom. The van der Waals surface area contributed by atoms with Crippen LogP contribution < -0.4 is 10.2 Å². The van der Waals surface area contributed by atoms with Crippen LogP contribution in [0, 0.1) is 26.6 Å². The van der Waals surface area contributed by atoms with E-state index in [1.165, 1.54) is 6.07 Å². The summed E-state index contributed by atoms with van der Waals surface area (Å²) in [6.45, 7) is 6.15. The molecule has 4 heterocycles. The minimum atomic E-state index is -0.317. The maximum atomic E-state index is 15.0. The van der Waals surface area contributed by atoms with Crippen LogP contribution in [0.2, 0.25) is 0 Å². The van der Waals surface area contributed by atoms with Gasteiger partial charge in [-0.1, -0.05) is 24.3 Å². The molecule has 33 heavy (non-hydrogen) atoms. The summed E-state index contributed by atoms with van der Waals surface area (Å²) in [6.07, 6.45) is 3.63. The molecule has 5 nitrogen and oxygen atoms in total. The van der Waals surface area contributed by atoms with Gasteiger partial charge >= 0.3 is 0 Å². The van der Waals surface area contributed by atoms with E-state index in [4.69, 9.17) is 12.2 Å². The third-order valence-corrected chi connectivity index (χ3v) is 6.44. The molecule has 1 saturated heterocycles. The molecule has 7 heteroatoms. The highest BCUT2D eigenvalue weighted by Crippen LogP contribution is 2.44. The lowest BCUT2D eigenvalue weighted by molar-refractivity contribution is 0.556. The lowest BCUT2D eigenvalue weighted by Crippen LogP contribution is -2.30. The van der Waals surface area contributed by atoms with E-state index in [1.54, 1.807) is 18.3 Å². The Morgan fingerprint density at radius 1 is 0.970 bits per heavy atom. The predicted molar refractivity (Wildman–Crippen MR) is 132 cm³/mol. The molecule has 166 valence electrons. The standard InChI is InChI=1S/C26H24FN5S/c1-16-11-12-23(29-15-16)31-17(2)14-19(18(31)3)25-24(21-9-6-7-13-28-21)30-26(33)32(25)22-10-5-4-8-20(22)27/h4-15,24-25H,1-3H3,(H,30,33)/t24-,25+/m1/s1. The molecule has 4 aromatic rings. The lowest BCUT2D eigenvalue weighted by Gasteiger charge is -2.28. The highest BCUT2D eigenvalue weighted by Gasteiger charge is 2.43. The van der Waals surface area contributed by atoms with Crippen molar-refractivity contribution >= 4 is 23.0 Å². The van der Waals surface area contributed by atoms with E-state index >= 15 is 0 Å². The fourth-order valence-corrected chi connectivity index (χ4v) is 4.95. The van der Waals surface area contributed by atoms with Crippen molar-refractivity contribution in [2.75, 3.05) is 4.90 Å². The quantitative estimate of drug-likeness (QED) is 0.410. The Morgan fingerprint density at radius 2 is 1.76 bits per heavy atom. The molecule has 1 aliphatic heterocycles. The van der Waals surface area contributed by atoms with E-state index < -0.39 is 0 Å². The number of pyridine rings is 2. The number of anilines is 1. The number of rotatable bonds is 4. The third kappa shape index (κ3) is 3.68. The molecule has 3 aromatic heterocycles. The Balaban J connectivity index is 1.69. The van der Waals surface area contributed by atoms with Crippen LogP contribution in [0.5, 0.6) is 0 Å². The monoisotopic (exact) mass is 457 g/mol. The summed E-state index contributed by atoms with van der Waals surface area (Å²) >= 11 is 5.73. The maximum absolute atomic E-state index is 15.0. The van der Waals surface area contributed by atoms with Crippen LogP contribution in [0.3, 0.4) is 0 Å². The summed E-state index contributed by atoms with van der Waals surface area (Å²) in [5, 5.41) is 3.87. The fraction of sp³-hybridized carbons (Fsp3) is 0.192. The second kappa shape index (κ2) is 8.41. The van der Waals surface area contributed by atoms with Gasteiger partial charge in [0, 0.05) is 23.8 Å². The first-order chi connectivity index (χ1) is 16.0. The van der Waals surface area contributed by atoms with E-state index in [2.05, 4.69) is 45.8 Å². The molecular weight excluding hydrogens is 433 g/mol. The van der Waals surface area contributed by atoms with Crippen LogP contribution in [-0.4, -0.2) is 19.6 Å². The van der Waals surface area contributed by atoms with Crippen molar-refractivity contribution < 1.29 is 4.39 Å². The van der Waals surface area contributed by atoms with Gasteiger partial charge in [0.05, 0.1) is 23.5 Å². The SMILES string of the molecule is Cc1ccc(-n2c(C)cc([C@H]3[C@@H](c4ccccn4)NC(=S)N3c3ccccc3F)c2C)nc1. The lowest BCUT2D eigenvalue weighted by atomic mass is 9.96. The van der Waals surface area contributed by atoms with Gasteiger partial charge in [-0.15, -0.1) is 0 Å². The van der Waals surface area contributed by atoms with Crippen molar-refractivity contribution in [3.05, 3.63) is 107 Å². The van der Waals surface area contributed by atoms with Crippen LogP contribution >= 0.6 is 12.2 Å². The normalized spacial score (nSPS) is 17.9. The van der Waals surface area contributed by atoms with Gasteiger partial charge in [0.15, 0.2) is 5.11 Å². The fourth-order valence-electron chi connectivity index (χ4n) is 4.61. The average Bonchev–Trinajstić information content (AvgIpc) is 3.31. The van der Waals surface area contributed by atoms with Crippen molar-refractivity contribution in [3.8, 4) is 5.82 Å². The third-order valence-electron chi connectivity index (χ3n) is 6.12. The molecule has 1 aromatic carbocycles. The number of nitrogens with one attached hydrogen (secondary N) is 1. The minimum absolute atomic E-state index is 0.238. The molecule has 0 unspecified atom stereocenters. The van der Waals surface area contributed by atoms with Crippen LogP contribution in [0.15, 0.2) is 73.1 Å². The maximum Gasteiger partial charge on any atom is 0.174 e. The number of para-hydroxylation sites is 1. The number of benzene rings is 1. The molecule has 0 amide bonds. The average molecular weight is 458 g/mol. The summed E-state index contributed by atoms with van der Waals surface area (Å²) < 4.78 is 17.1. The minimum Gasteiger partial charge on any atom is -0.351 e. The van der Waals surface area contributed by atoms with Crippen molar-refractivity contribution in [1.29, 1.82) is 0 Å². The van der Waals surface area contributed by atoms with Crippen LogP contribution in [0.1, 0.15) is 40.3 Å². The van der Waals surface area contributed by atoms with Crippen molar-refractivity contribution in [2.24, 2.45) is 0 Å². The number of aryl methyl sites for hydroxylation is 2. The molecule has 0 aliphatic carbocycles. The molecule has 1 fully saturated rings. The highest BCUT2D eigenvalue weighted by atomic mass is 32.1. The summed E-state index contributed by atoms with van der Waals surface area (Å²) in [4.78, 5) is 11.1. The smallest absolute Gasteiger partial charge is 0.174 e. The second-order valence-corrected chi connectivity index (χ2v) is 8.69. The Bertz CT molecular complexity index is 1320. The van der Waals surface area contributed by atoms with Gasteiger partial charge in [0.2, 0.25) is 0 Å². The zero-order valence-electron chi connectivity index (χ0n) is 18.7. The van der Waals surface area contributed by atoms with E-state index in [0.717, 1.165) is 34.0 Å². The van der Waals surface area contributed by atoms with Gasteiger partial charge < -0.3 is 14.8 Å².